The fourth-order valence-corrected chi connectivity index (χ4v) is 1.92. The van der Waals surface area contributed by atoms with Crippen molar-refractivity contribution in [1.82, 2.24) is 4.98 Å². The average molecular weight is 285 g/mol. The smallest absolute Gasteiger partial charge is 0.340 e. The number of esters is 1. The quantitative estimate of drug-likeness (QED) is 0.759. The van der Waals surface area contributed by atoms with E-state index in [9.17, 15) is 4.79 Å². The van der Waals surface area contributed by atoms with Gasteiger partial charge in [0.15, 0.2) is 0 Å². The van der Waals surface area contributed by atoms with Crippen LogP contribution in [0, 0.1) is 0 Å². The van der Waals surface area contributed by atoms with Gasteiger partial charge in [0.05, 0.1) is 5.56 Å². The van der Waals surface area contributed by atoms with Crippen molar-refractivity contribution in [2.75, 3.05) is 25.0 Å². The predicted octanol–water partition coefficient (Wildman–Crippen LogP) is 1.85. The number of nitrogens with one attached hydrogen (secondary N) is 1. The highest BCUT2D eigenvalue weighted by atomic mass is 16.5. The van der Waals surface area contributed by atoms with Crippen LogP contribution in [0.2, 0.25) is 0 Å². The molecule has 0 radical (unpaired) electrons. The van der Waals surface area contributed by atoms with Crippen LogP contribution in [0.1, 0.15) is 16.1 Å². The van der Waals surface area contributed by atoms with Crippen LogP contribution in [0.3, 0.4) is 0 Å². The summed E-state index contributed by atoms with van der Waals surface area (Å²) in [5.74, 6) is -0.360. The first kappa shape index (κ1) is 15.0. The number of carbonyl (C=O) groups is 1. The largest absolute Gasteiger partial charge is 0.461 e. The van der Waals surface area contributed by atoms with Gasteiger partial charge in [0.1, 0.15) is 6.61 Å². The molecule has 1 aromatic heterocycles. The van der Waals surface area contributed by atoms with E-state index in [2.05, 4.69) is 10.3 Å². The highest BCUT2D eigenvalue weighted by Crippen LogP contribution is 2.16. The van der Waals surface area contributed by atoms with E-state index in [0.717, 1.165) is 17.8 Å². The molecule has 0 atom stereocenters. The maximum atomic E-state index is 11.9. The van der Waals surface area contributed by atoms with Gasteiger partial charge in [0.25, 0.3) is 0 Å². The molecule has 0 bridgehead atoms. The molecule has 0 unspecified atom stereocenters. The number of nitrogens with two attached hydrogens (primary N) is 1. The number of aromatic nitrogens is 1. The number of ether oxygens (including phenoxy) is 1. The van der Waals surface area contributed by atoms with Gasteiger partial charge in [-0.1, -0.05) is 18.2 Å². The molecule has 2 aromatic rings. The van der Waals surface area contributed by atoms with Gasteiger partial charge in [-0.05, 0) is 24.3 Å². The lowest BCUT2D eigenvalue weighted by Crippen LogP contribution is -2.16. The zero-order valence-electron chi connectivity index (χ0n) is 11.8. The van der Waals surface area contributed by atoms with Gasteiger partial charge in [0.2, 0.25) is 0 Å². The van der Waals surface area contributed by atoms with Gasteiger partial charge in [-0.2, -0.15) is 0 Å². The summed E-state index contributed by atoms with van der Waals surface area (Å²) in [5, 5.41) is 3.25. The van der Waals surface area contributed by atoms with E-state index >= 15 is 0 Å². The minimum atomic E-state index is -0.360. The Labute approximate surface area is 124 Å². The number of benzene rings is 1. The van der Waals surface area contributed by atoms with Crippen molar-refractivity contribution in [2.24, 2.45) is 5.73 Å². The third-order valence-electron chi connectivity index (χ3n) is 2.92. The maximum Gasteiger partial charge on any atom is 0.340 e. The fourth-order valence-electron chi connectivity index (χ4n) is 1.92. The highest BCUT2D eigenvalue weighted by Gasteiger charge is 2.11. The average Bonchev–Trinajstić information content (AvgIpc) is 2.54. The molecule has 1 aromatic carbocycles. The Balaban J connectivity index is 1.95. The Kier molecular flexibility index (Phi) is 5.72. The first-order valence-corrected chi connectivity index (χ1v) is 6.91. The lowest BCUT2D eigenvalue weighted by molar-refractivity contribution is 0.0518. The number of hydrogen-bond acceptors (Lipinski definition) is 5. The van der Waals surface area contributed by atoms with Crippen molar-refractivity contribution in [1.29, 1.82) is 0 Å². The van der Waals surface area contributed by atoms with Crippen molar-refractivity contribution in [3.63, 3.8) is 0 Å². The van der Waals surface area contributed by atoms with Crippen LogP contribution >= 0.6 is 0 Å². The minimum Gasteiger partial charge on any atom is -0.461 e. The molecule has 21 heavy (non-hydrogen) atoms. The molecule has 110 valence electrons. The summed E-state index contributed by atoms with van der Waals surface area (Å²) < 4.78 is 5.07. The molecular weight excluding hydrogens is 266 g/mol. The zero-order valence-corrected chi connectivity index (χ0v) is 11.8. The van der Waals surface area contributed by atoms with Crippen LogP contribution in [0.5, 0.6) is 0 Å². The predicted molar refractivity (Wildman–Crippen MR) is 82.2 cm³/mol. The molecule has 0 spiro atoms. The summed E-state index contributed by atoms with van der Waals surface area (Å²) in [6.07, 6.45) is 2.56. The zero-order chi connectivity index (χ0) is 14.9. The van der Waals surface area contributed by atoms with Crippen molar-refractivity contribution in [3.8, 4) is 0 Å². The topological polar surface area (TPSA) is 77.2 Å². The normalized spacial score (nSPS) is 10.1. The molecule has 0 amide bonds. The Morgan fingerprint density at radius 1 is 1.19 bits per heavy atom. The van der Waals surface area contributed by atoms with Crippen LogP contribution in [-0.2, 0) is 11.2 Å². The van der Waals surface area contributed by atoms with Gasteiger partial charge >= 0.3 is 5.97 Å². The van der Waals surface area contributed by atoms with Crippen LogP contribution < -0.4 is 11.1 Å². The number of rotatable bonds is 7. The molecular formula is C16H19N3O2. The van der Waals surface area contributed by atoms with Crippen molar-refractivity contribution < 1.29 is 9.53 Å². The second kappa shape index (κ2) is 8.01. The Hall–Kier alpha value is -2.40. The number of para-hydroxylation sites is 1. The molecule has 0 saturated heterocycles. The van der Waals surface area contributed by atoms with E-state index in [1.54, 1.807) is 12.3 Å². The van der Waals surface area contributed by atoms with Crippen LogP contribution in [0.4, 0.5) is 5.69 Å². The van der Waals surface area contributed by atoms with Gasteiger partial charge < -0.3 is 15.8 Å². The molecule has 0 fully saturated rings. The Morgan fingerprint density at radius 3 is 2.76 bits per heavy atom. The third kappa shape index (κ3) is 4.57. The van der Waals surface area contributed by atoms with E-state index in [1.165, 1.54) is 0 Å². The molecule has 5 nitrogen and oxygen atoms in total. The van der Waals surface area contributed by atoms with Gasteiger partial charge in [-0.3, -0.25) is 4.98 Å². The number of nitrogens with zero attached hydrogens (tertiary/aromatic N) is 1. The maximum absolute atomic E-state index is 11.9. The molecule has 1 heterocycles. The van der Waals surface area contributed by atoms with E-state index in [4.69, 9.17) is 10.5 Å². The van der Waals surface area contributed by atoms with E-state index < -0.39 is 0 Å². The molecule has 2 rings (SSSR count). The van der Waals surface area contributed by atoms with Gasteiger partial charge in [0, 0.05) is 37.1 Å². The lowest BCUT2D eigenvalue weighted by atomic mass is 10.1. The van der Waals surface area contributed by atoms with Crippen molar-refractivity contribution in [2.45, 2.75) is 6.42 Å². The van der Waals surface area contributed by atoms with Gasteiger partial charge in [-0.15, -0.1) is 0 Å². The van der Waals surface area contributed by atoms with Crippen LogP contribution in [0.15, 0.2) is 48.7 Å². The van der Waals surface area contributed by atoms with Crippen LogP contribution in [0.25, 0.3) is 0 Å². The van der Waals surface area contributed by atoms with E-state index in [1.807, 2.05) is 36.4 Å². The van der Waals surface area contributed by atoms with Crippen LogP contribution in [-0.4, -0.2) is 30.6 Å². The summed E-state index contributed by atoms with van der Waals surface area (Å²) in [7, 11) is 0. The second-order valence-electron chi connectivity index (χ2n) is 4.47. The molecule has 0 aliphatic heterocycles. The summed E-state index contributed by atoms with van der Waals surface area (Å²) in [6, 6.07) is 13.1. The monoisotopic (exact) mass is 285 g/mol. The van der Waals surface area contributed by atoms with E-state index in [0.29, 0.717) is 18.7 Å². The minimum absolute atomic E-state index is 0.223. The second-order valence-corrected chi connectivity index (χ2v) is 4.47. The molecule has 0 aliphatic rings. The Morgan fingerprint density at radius 2 is 2.00 bits per heavy atom. The number of anilines is 1. The fraction of sp³-hybridized carbons (Fsp3) is 0.250. The molecule has 3 N–H and O–H groups in total. The summed E-state index contributed by atoms with van der Waals surface area (Å²) in [5.41, 5.74) is 7.63. The third-order valence-corrected chi connectivity index (χ3v) is 2.92. The van der Waals surface area contributed by atoms with Crippen molar-refractivity contribution >= 4 is 11.7 Å². The summed E-state index contributed by atoms with van der Waals surface area (Å²) in [6.45, 7) is 1.24. The molecule has 5 heteroatoms. The standard InChI is InChI=1S/C16H19N3O2/c17-9-12-21-16(20)14-6-1-2-7-15(14)19-11-8-13-5-3-4-10-18-13/h1-7,10,19H,8-9,11-12,17H2. The highest BCUT2D eigenvalue weighted by molar-refractivity contribution is 5.95. The first-order chi connectivity index (χ1) is 10.3. The molecule has 0 aliphatic carbocycles. The van der Waals surface area contributed by atoms with Gasteiger partial charge in [-0.25, -0.2) is 4.79 Å². The molecule has 0 saturated carbocycles. The summed E-state index contributed by atoms with van der Waals surface area (Å²) in [4.78, 5) is 16.2. The lowest BCUT2D eigenvalue weighted by Gasteiger charge is -2.11. The number of hydrogen-bond donors (Lipinski definition) is 2. The Bertz CT molecular complexity index is 573. The number of carbonyl (C=O) groups excluding carboxylic acids is 1. The number of pyridine rings is 1. The summed E-state index contributed by atoms with van der Waals surface area (Å²) >= 11 is 0. The van der Waals surface area contributed by atoms with Crippen molar-refractivity contribution in [3.05, 3.63) is 59.9 Å². The van der Waals surface area contributed by atoms with E-state index in [-0.39, 0.29) is 12.6 Å². The SMILES string of the molecule is NCCOC(=O)c1ccccc1NCCc1ccccn1. The first-order valence-electron chi connectivity index (χ1n) is 6.91.